The Bertz CT molecular complexity index is 616. The summed E-state index contributed by atoms with van der Waals surface area (Å²) in [6, 6.07) is 10.9. The normalized spacial score (nSPS) is 13.8. The molecule has 0 radical (unpaired) electrons. The molecule has 0 aliphatic heterocycles. The number of halogens is 1. The third-order valence-corrected chi connectivity index (χ3v) is 7.78. The van der Waals surface area contributed by atoms with Gasteiger partial charge in [0.15, 0.2) is 0 Å². The first-order valence-corrected chi connectivity index (χ1v) is 9.55. The fourth-order valence-corrected chi connectivity index (χ4v) is 6.06. The molecule has 2 nitrogen and oxygen atoms in total. The molecule has 0 saturated heterocycles. The Balaban J connectivity index is 2.79. The van der Waals surface area contributed by atoms with E-state index in [0.717, 1.165) is 22.3 Å². The van der Waals surface area contributed by atoms with Gasteiger partial charge in [0.1, 0.15) is 0 Å². The van der Waals surface area contributed by atoms with E-state index in [1.165, 1.54) is 0 Å². The van der Waals surface area contributed by atoms with Crippen LogP contribution in [-0.4, -0.2) is 9.79 Å². The van der Waals surface area contributed by atoms with Crippen LogP contribution in [0.5, 0.6) is 0 Å². The van der Waals surface area contributed by atoms with Gasteiger partial charge in [-0.05, 0) is 0 Å². The van der Waals surface area contributed by atoms with E-state index in [4.69, 9.17) is 11.2 Å². The Morgan fingerprint density at radius 2 is 1.10 bits per heavy atom. The van der Waals surface area contributed by atoms with Gasteiger partial charge in [-0.2, -0.15) is 0 Å². The second-order valence-corrected chi connectivity index (χ2v) is 10.1. The maximum absolute atomic E-state index is 11.0. The molecule has 0 atom stereocenters. The minimum atomic E-state index is -4.62. The number of hydrogen-bond acceptors (Lipinski definition) is 2. The summed E-state index contributed by atoms with van der Waals surface area (Å²) in [7, 11) is 0. The zero-order chi connectivity index (χ0) is 15.2. The van der Waals surface area contributed by atoms with Crippen molar-refractivity contribution in [2.24, 2.45) is 0 Å². The van der Waals surface area contributed by atoms with Crippen molar-refractivity contribution in [1.82, 2.24) is 0 Å². The predicted octanol–water partition coefficient (Wildman–Crippen LogP) is 3.39. The van der Waals surface area contributed by atoms with Crippen molar-refractivity contribution >= 4 is 28.3 Å². The fourth-order valence-electron chi connectivity index (χ4n) is 2.46. The van der Waals surface area contributed by atoms with Crippen LogP contribution in [0.15, 0.2) is 36.4 Å². The SMILES string of the molecule is Cc1cccc(P(O)(O)(Cl)c2cccc(C)c2C)c1C. The molecule has 0 saturated carbocycles. The van der Waals surface area contributed by atoms with E-state index in [0.29, 0.717) is 10.6 Å². The van der Waals surface area contributed by atoms with Gasteiger partial charge in [0.2, 0.25) is 0 Å². The molecule has 0 aromatic heterocycles. The Hall–Kier alpha value is -0.920. The van der Waals surface area contributed by atoms with Crippen molar-refractivity contribution in [2.45, 2.75) is 27.7 Å². The van der Waals surface area contributed by atoms with Crippen LogP contribution in [-0.2, 0) is 0 Å². The van der Waals surface area contributed by atoms with Gasteiger partial charge in [-0.3, -0.25) is 0 Å². The molecule has 108 valence electrons. The molecule has 4 heteroatoms. The van der Waals surface area contributed by atoms with Gasteiger partial charge >= 0.3 is 124 Å². The Labute approximate surface area is 124 Å². The molecule has 20 heavy (non-hydrogen) atoms. The maximum atomic E-state index is 11.0. The van der Waals surface area contributed by atoms with Gasteiger partial charge in [-0.25, -0.2) is 0 Å². The molecule has 0 aliphatic rings. The van der Waals surface area contributed by atoms with E-state index in [-0.39, 0.29) is 0 Å². The fraction of sp³-hybridized carbons (Fsp3) is 0.250. The quantitative estimate of drug-likeness (QED) is 0.835. The third-order valence-electron chi connectivity index (χ3n) is 4.01. The van der Waals surface area contributed by atoms with Gasteiger partial charge in [-0.15, -0.1) is 0 Å². The minimum absolute atomic E-state index is 0.423. The van der Waals surface area contributed by atoms with Crippen molar-refractivity contribution in [3.63, 3.8) is 0 Å². The van der Waals surface area contributed by atoms with Gasteiger partial charge in [0, 0.05) is 0 Å². The topological polar surface area (TPSA) is 40.5 Å². The Morgan fingerprint density at radius 1 is 0.750 bits per heavy atom. The zero-order valence-electron chi connectivity index (χ0n) is 12.2. The second-order valence-electron chi connectivity index (χ2n) is 5.36. The van der Waals surface area contributed by atoms with Gasteiger partial charge < -0.3 is 0 Å². The summed E-state index contributed by atoms with van der Waals surface area (Å²) in [5.74, 6) is 0. The number of benzene rings is 2. The predicted molar refractivity (Wildman–Crippen MR) is 88.3 cm³/mol. The molecular formula is C16H20ClO2P. The average Bonchev–Trinajstić information content (AvgIpc) is 2.35. The van der Waals surface area contributed by atoms with E-state index in [9.17, 15) is 9.79 Å². The number of hydrogen-bond donors (Lipinski definition) is 2. The molecule has 2 aromatic carbocycles. The van der Waals surface area contributed by atoms with Crippen LogP contribution >= 0.6 is 17.7 Å². The van der Waals surface area contributed by atoms with E-state index in [2.05, 4.69) is 0 Å². The summed E-state index contributed by atoms with van der Waals surface area (Å²) in [5.41, 5.74) is 3.63. The third kappa shape index (κ3) is 2.38. The molecule has 2 N–H and O–H groups in total. The van der Waals surface area contributed by atoms with Crippen molar-refractivity contribution in [1.29, 1.82) is 0 Å². The summed E-state index contributed by atoms with van der Waals surface area (Å²) in [6.07, 6.45) is -4.62. The molecule has 0 fully saturated rings. The summed E-state index contributed by atoms with van der Waals surface area (Å²) < 4.78 is 0. The first-order chi connectivity index (χ1) is 9.13. The van der Waals surface area contributed by atoms with Crippen LogP contribution in [0.4, 0.5) is 0 Å². The van der Waals surface area contributed by atoms with Crippen molar-refractivity contribution < 1.29 is 9.79 Å². The van der Waals surface area contributed by atoms with Crippen LogP contribution in [0, 0.1) is 27.7 Å². The van der Waals surface area contributed by atoms with Gasteiger partial charge in [0.05, 0.1) is 0 Å². The Kier molecular flexibility index (Phi) is 3.73. The molecule has 0 unspecified atom stereocenters. The van der Waals surface area contributed by atoms with Crippen LogP contribution in [0.3, 0.4) is 0 Å². The van der Waals surface area contributed by atoms with Crippen LogP contribution < -0.4 is 10.6 Å². The van der Waals surface area contributed by atoms with Crippen molar-refractivity contribution in [3.8, 4) is 0 Å². The molecule has 0 heterocycles. The second kappa shape index (κ2) is 4.82. The summed E-state index contributed by atoms with van der Waals surface area (Å²) in [5, 5.41) is 0.845. The zero-order valence-corrected chi connectivity index (χ0v) is 13.8. The van der Waals surface area contributed by atoms with Gasteiger partial charge in [-0.1, -0.05) is 0 Å². The van der Waals surface area contributed by atoms with Gasteiger partial charge in [0.25, 0.3) is 0 Å². The standard InChI is InChI=1S/C16H20ClO2P/c1-11-7-5-9-15(13(11)3)20(17,18,19)16-10-6-8-12(2)14(16)4/h5-10,18-19H,1-4H3. The molecule has 0 bridgehead atoms. The van der Waals surface area contributed by atoms with E-state index in [1.807, 2.05) is 39.8 Å². The monoisotopic (exact) mass is 310 g/mol. The summed E-state index contributed by atoms with van der Waals surface area (Å²) in [6.45, 7) is 7.61. The first kappa shape index (κ1) is 15.5. The van der Waals surface area contributed by atoms with Crippen LogP contribution in [0.25, 0.3) is 0 Å². The first-order valence-electron chi connectivity index (χ1n) is 6.50. The molecule has 0 amide bonds. The van der Waals surface area contributed by atoms with Crippen LogP contribution in [0.1, 0.15) is 22.3 Å². The Morgan fingerprint density at radius 3 is 1.45 bits per heavy atom. The number of aryl methyl sites for hydroxylation is 2. The number of rotatable bonds is 2. The van der Waals surface area contributed by atoms with Crippen LogP contribution in [0.2, 0.25) is 0 Å². The molecule has 0 spiro atoms. The van der Waals surface area contributed by atoms with Crippen molar-refractivity contribution in [3.05, 3.63) is 58.7 Å². The summed E-state index contributed by atoms with van der Waals surface area (Å²) >= 11 is 6.44. The van der Waals surface area contributed by atoms with E-state index in [1.54, 1.807) is 24.3 Å². The molecule has 2 aromatic rings. The molecule has 2 rings (SSSR count). The van der Waals surface area contributed by atoms with Crippen molar-refractivity contribution in [2.75, 3.05) is 0 Å². The van der Waals surface area contributed by atoms with E-state index >= 15 is 0 Å². The van der Waals surface area contributed by atoms with E-state index < -0.39 is 6.41 Å². The molecular weight excluding hydrogens is 291 g/mol. The summed E-state index contributed by atoms with van der Waals surface area (Å²) in [4.78, 5) is 22.0. The molecule has 0 aliphatic carbocycles. The average molecular weight is 311 g/mol.